The first-order valence-corrected chi connectivity index (χ1v) is 13.8. The Morgan fingerprint density at radius 2 is 1.74 bits per heavy atom. The first kappa shape index (κ1) is 30.1. The summed E-state index contributed by atoms with van der Waals surface area (Å²) in [6.07, 6.45) is 5.44. The molecule has 1 aliphatic heterocycles. The molecule has 0 spiro atoms. The Morgan fingerprint density at radius 3 is 2.41 bits per heavy atom. The van der Waals surface area contributed by atoms with Gasteiger partial charge in [-0.3, -0.25) is 14.4 Å². The summed E-state index contributed by atoms with van der Waals surface area (Å²) in [4.78, 5) is 54.8. The predicted octanol–water partition coefficient (Wildman–Crippen LogP) is 1.18. The van der Waals surface area contributed by atoms with Gasteiger partial charge in [0, 0.05) is 23.5 Å². The molecule has 11 nitrogen and oxygen atoms in total. The van der Waals surface area contributed by atoms with Crippen LogP contribution in [0.3, 0.4) is 0 Å². The zero-order valence-corrected chi connectivity index (χ0v) is 22.8. The molecule has 3 amide bonds. The highest BCUT2D eigenvalue weighted by Crippen LogP contribution is 2.20. The third kappa shape index (κ3) is 8.79. The third-order valence-corrected chi connectivity index (χ3v) is 7.01. The molecule has 1 aliphatic rings. The molecule has 0 bridgehead atoms. The van der Waals surface area contributed by atoms with E-state index in [1.807, 2.05) is 38.1 Å². The van der Waals surface area contributed by atoms with E-state index in [-0.39, 0.29) is 30.7 Å². The number of para-hydroxylation sites is 1. The van der Waals surface area contributed by atoms with Crippen LogP contribution in [-0.2, 0) is 25.6 Å². The van der Waals surface area contributed by atoms with Crippen molar-refractivity contribution in [2.24, 2.45) is 11.7 Å². The Hall–Kier alpha value is -3.44. The van der Waals surface area contributed by atoms with E-state index < -0.39 is 35.9 Å². The second-order valence-electron chi connectivity index (χ2n) is 10.6. The maximum absolute atomic E-state index is 13.5. The molecule has 39 heavy (non-hydrogen) atoms. The van der Waals surface area contributed by atoms with Gasteiger partial charge in [0.05, 0.1) is 6.04 Å². The summed E-state index contributed by atoms with van der Waals surface area (Å²) in [5.74, 6) is -2.43. The van der Waals surface area contributed by atoms with E-state index in [1.54, 1.807) is 6.20 Å². The molecule has 0 saturated carbocycles. The zero-order chi connectivity index (χ0) is 28.4. The molecule has 0 radical (unpaired) electrons. The first-order valence-electron chi connectivity index (χ1n) is 13.8. The summed E-state index contributed by atoms with van der Waals surface area (Å²) < 4.78 is 0. The summed E-state index contributed by atoms with van der Waals surface area (Å²) in [6, 6.07) is 4.26. The van der Waals surface area contributed by atoms with Crippen LogP contribution in [0.4, 0.5) is 0 Å². The molecule has 4 unspecified atom stereocenters. The smallest absolute Gasteiger partial charge is 0.326 e. The molecule has 1 saturated heterocycles. The number of hydrogen-bond donors (Lipinski definition) is 7. The number of nitrogens with two attached hydrogens (primary N) is 1. The van der Waals surface area contributed by atoms with Gasteiger partial charge in [0.25, 0.3) is 0 Å². The van der Waals surface area contributed by atoms with Gasteiger partial charge in [0.2, 0.25) is 17.7 Å². The summed E-state index contributed by atoms with van der Waals surface area (Å²) >= 11 is 0. The molecule has 0 aliphatic carbocycles. The van der Waals surface area contributed by atoms with Gasteiger partial charge in [0.1, 0.15) is 18.1 Å². The molecule has 1 aromatic carbocycles. The largest absolute Gasteiger partial charge is 0.480 e. The number of carbonyl (C=O) groups excluding carboxylic acids is 3. The van der Waals surface area contributed by atoms with Gasteiger partial charge in [-0.25, -0.2) is 4.79 Å². The quantitative estimate of drug-likeness (QED) is 0.165. The maximum atomic E-state index is 13.5. The van der Waals surface area contributed by atoms with Gasteiger partial charge in [-0.1, -0.05) is 32.0 Å². The zero-order valence-electron chi connectivity index (χ0n) is 22.8. The van der Waals surface area contributed by atoms with Gasteiger partial charge in [-0.15, -0.1) is 0 Å². The highest BCUT2D eigenvalue weighted by atomic mass is 16.4. The molecule has 214 valence electrons. The monoisotopic (exact) mass is 542 g/mol. The average molecular weight is 543 g/mol. The lowest BCUT2D eigenvalue weighted by Gasteiger charge is -2.25. The molecule has 4 atom stereocenters. The Kier molecular flexibility index (Phi) is 11.3. The normalized spacial score (nSPS) is 17.5. The number of H-pyrrole nitrogens is 1. The van der Waals surface area contributed by atoms with E-state index in [0.29, 0.717) is 32.2 Å². The molecule has 1 aromatic heterocycles. The van der Waals surface area contributed by atoms with Crippen molar-refractivity contribution >= 4 is 34.6 Å². The molecule has 2 heterocycles. The van der Waals surface area contributed by atoms with E-state index in [0.717, 1.165) is 29.4 Å². The summed E-state index contributed by atoms with van der Waals surface area (Å²) in [5.41, 5.74) is 7.33. The minimum Gasteiger partial charge on any atom is -0.480 e. The number of nitrogens with one attached hydrogen (secondary N) is 5. The number of carbonyl (C=O) groups is 4. The fraction of sp³-hybridized carbons (Fsp3) is 0.571. The van der Waals surface area contributed by atoms with Gasteiger partial charge in [0.15, 0.2) is 0 Å². The Balaban J connectivity index is 1.82. The molecule has 2 aromatic rings. The molecule has 1 fully saturated rings. The minimum absolute atomic E-state index is 0.0411. The fourth-order valence-corrected chi connectivity index (χ4v) is 4.91. The molecule has 3 rings (SSSR count). The van der Waals surface area contributed by atoms with Crippen molar-refractivity contribution in [3.63, 3.8) is 0 Å². The Labute approximate surface area is 229 Å². The number of carboxylic acids is 1. The third-order valence-electron chi connectivity index (χ3n) is 7.01. The van der Waals surface area contributed by atoms with Gasteiger partial charge >= 0.3 is 5.97 Å². The SMILES string of the molecule is CC(C)CC(NC(=O)C(Cc1c[nH]c2ccccc12)NC(=O)C(CCCCN)NC(=O)C1CCCN1)C(=O)O. The van der Waals surface area contributed by atoms with E-state index in [2.05, 4.69) is 26.3 Å². The van der Waals surface area contributed by atoms with Crippen LogP contribution in [0.25, 0.3) is 10.9 Å². The number of fused-ring (bicyclic) bond motifs is 1. The van der Waals surface area contributed by atoms with Crippen molar-refractivity contribution in [2.75, 3.05) is 13.1 Å². The van der Waals surface area contributed by atoms with E-state index in [4.69, 9.17) is 5.73 Å². The number of rotatable bonds is 15. The number of aromatic amines is 1. The Morgan fingerprint density at radius 1 is 1.03 bits per heavy atom. The lowest BCUT2D eigenvalue weighted by molar-refractivity contribution is -0.142. The average Bonchev–Trinajstić information content (AvgIpc) is 3.58. The molecular formula is C28H42N6O5. The van der Waals surface area contributed by atoms with Crippen LogP contribution >= 0.6 is 0 Å². The van der Waals surface area contributed by atoms with E-state index in [9.17, 15) is 24.3 Å². The second-order valence-corrected chi connectivity index (χ2v) is 10.6. The lowest BCUT2D eigenvalue weighted by atomic mass is 10.0. The molecule has 11 heteroatoms. The topological polar surface area (TPSA) is 178 Å². The van der Waals surface area contributed by atoms with Crippen molar-refractivity contribution in [3.8, 4) is 0 Å². The van der Waals surface area contributed by atoms with Crippen LogP contribution in [0.1, 0.15) is 57.9 Å². The lowest BCUT2D eigenvalue weighted by Crippen LogP contribution is -2.57. The number of aromatic nitrogens is 1. The van der Waals surface area contributed by atoms with E-state index >= 15 is 0 Å². The molecular weight excluding hydrogens is 500 g/mol. The minimum atomic E-state index is -1.13. The van der Waals surface area contributed by atoms with Gasteiger partial charge in [-0.2, -0.15) is 0 Å². The van der Waals surface area contributed by atoms with E-state index in [1.165, 1.54) is 0 Å². The highest BCUT2D eigenvalue weighted by molar-refractivity contribution is 5.95. The van der Waals surface area contributed by atoms with Crippen molar-refractivity contribution in [2.45, 2.75) is 83.0 Å². The predicted molar refractivity (Wildman–Crippen MR) is 149 cm³/mol. The van der Waals surface area contributed by atoms with Crippen molar-refractivity contribution < 1.29 is 24.3 Å². The first-order chi connectivity index (χ1) is 18.7. The van der Waals surface area contributed by atoms with Crippen LogP contribution in [0.15, 0.2) is 30.5 Å². The summed E-state index contributed by atoms with van der Waals surface area (Å²) in [5, 5.41) is 22.0. The van der Waals surface area contributed by atoms with Crippen molar-refractivity contribution in [1.82, 2.24) is 26.3 Å². The summed E-state index contributed by atoms with van der Waals surface area (Å²) in [7, 11) is 0. The van der Waals surface area contributed by atoms with Crippen molar-refractivity contribution in [1.29, 1.82) is 0 Å². The maximum Gasteiger partial charge on any atom is 0.326 e. The van der Waals surface area contributed by atoms with Crippen LogP contribution in [0.5, 0.6) is 0 Å². The Bertz CT molecular complexity index is 1130. The standard InChI is InChI=1S/C28H42N6O5/c1-17(2)14-24(28(38)39)34-27(37)23(15-18-16-31-20-9-4-3-8-19(18)20)33-26(36)22(10-5-6-12-29)32-25(35)21-11-7-13-30-21/h3-4,8-9,16-17,21-24,30-31H,5-7,10-15,29H2,1-2H3,(H,32,35)(H,33,36)(H,34,37)(H,38,39). The number of hydrogen-bond acceptors (Lipinski definition) is 6. The number of unbranched alkanes of at least 4 members (excludes halogenated alkanes) is 1. The number of carboxylic acid groups (broad SMARTS) is 1. The van der Waals surface area contributed by atoms with Crippen molar-refractivity contribution in [3.05, 3.63) is 36.0 Å². The highest BCUT2D eigenvalue weighted by Gasteiger charge is 2.32. The van der Waals surface area contributed by atoms with Crippen LogP contribution in [0.2, 0.25) is 0 Å². The molecule has 8 N–H and O–H groups in total. The van der Waals surface area contributed by atoms with Gasteiger partial charge in [-0.05, 0) is 69.2 Å². The van der Waals surface area contributed by atoms with Crippen LogP contribution < -0.4 is 27.0 Å². The number of amides is 3. The fourth-order valence-electron chi connectivity index (χ4n) is 4.91. The van der Waals surface area contributed by atoms with Gasteiger partial charge < -0.3 is 37.1 Å². The number of benzene rings is 1. The van der Waals surface area contributed by atoms with Crippen LogP contribution in [-0.4, -0.2) is 71.0 Å². The summed E-state index contributed by atoms with van der Waals surface area (Å²) in [6.45, 7) is 4.96. The number of aliphatic carboxylic acids is 1. The second kappa shape index (κ2) is 14.6. The van der Waals surface area contributed by atoms with Crippen LogP contribution in [0, 0.1) is 5.92 Å².